The topological polar surface area (TPSA) is 84.9 Å². The molecule has 0 bridgehead atoms. The van der Waals surface area contributed by atoms with Crippen molar-refractivity contribution in [2.75, 3.05) is 18.5 Å². The Hall–Kier alpha value is -2.54. The normalized spacial score (nSPS) is 14.2. The predicted molar refractivity (Wildman–Crippen MR) is 166 cm³/mol. The molecular formula is C28H23BrClIN2O5S. The highest BCUT2D eigenvalue weighted by molar-refractivity contribution is 14.1. The first-order valence-electron chi connectivity index (χ1n) is 11.8. The lowest BCUT2D eigenvalue weighted by Crippen LogP contribution is -2.27. The quantitative estimate of drug-likeness (QED) is 0.179. The molecule has 1 aliphatic heterocycles. The smallest absolute Gasteiger partial charge is 0.293 e. The number of halogens is 3. The van der Waals surface area contributed by atoms with E-state index in [9.17, 15) is 14.4 Å². The lowest BCUT2D eigenvalue weighted by molar-refractivity contribution is -0.123. The van der Waals surface area contributed by atoms with Gasteiger partial charge in [-0.3, -0.25) is 19.3 Å². The van der Waals surface area contributed by atoms with Gasteiger partial charge in [-0.25, -0.2) is 0 Å². The first-order valence-corrected chi connectivity index (χ1v) is 14.9. The number of benzene rings is 3. The van der Waals surface area contributed by atoms with E-state index in [1.54, 1.807) is 30.3 Å². The average Bonchev–Trinajstić information content (AvgIpc) is 3.14. The summed E-state index contributed by atoms with van der Waals surface area (Å²) in [4.78, 5) is 39.7. The number of ether oxygens (including phenoxy) is 2. The van der Waals surface area contributed by atoms with E-state index >= 15 is 0 Å². The van der Waals surface area contributed by atoms with Crippen LogP contribution in [0.5, 0.6) is 11.5 Å². The second-order valence-corrected chi connectivity index (χ2v) is 11.8. The van der Waals surface area contributed by atoms with Crippen LogP contribution in [0.2, 0.25) is 5.02 Å². The zero-order chi connectivity index (χ0) is 28.1. The number of thioether (sulfide) groups is 1. The molecule has 39 heavy (non-hydrogen) atoms. The zero-order valence-electron chi connectivity index (χ0n) is 20.9. The summed E-state index contributed by atoms with van der Waals surface area (Å²) in [6, 6.07) is 16.3. The van der Waals surface area contributed by atoms with Crippen molar-refractivity contribution < 1.29 is 23.9 Å². The average molecular weight is 742 g/mol. The van der Waals surface area contributed by atoms with Crippen LogP contribution in [-0.4, -0.2) is 35.2 Å². The molecule has 1 heterocycles. The molecule has 0 saturated carbocycles. The molecule has 202 valence electrons. The Morgan fingerprint density at radius 1 is 1.15 bits per heavy atom. The number of nitrogens with one attached hydrogen (secondary N) is 1. The number of nitrogens with zero attached hydrogens (tertiary/aromatic N) is 1. The molecule has 3 aromatic carbocycles. The van der Waals surface area contributed by atoms with Gasteiger partial charge in [0.25, 0.3) is 17.1 Å². The van der Waals surface area contributed by atoms with Gasteiger partial charge in [0.1, 0.15) is 0 Å². The molecule has 0 spiro atoms. The van der Waals surface area contributed by atoms with E-state index < -0.39 is 0 Å². The minimum atomic E-state index is -0.359. The van der Waals surface area contributed by atoms with E-state index in [-0.39, 0.29) is 30.2 Å². The molecule has 0 aromatic heterocycles. The summed E-state index contributed by atoms with van der Waals surface area (Å²) in [5, 5.41) is 2.99. The van der Waals surface area contributed by atoms with Crippen LogP contribution in [0.25, 0.3) is 6.08 Å². The van der Waals surface area contributed by atoms with Crippen LogP contribution in [0.1, 0.15) is 23.6 Å². The third-order valence-corrected chi connectivity index (χ3v) is 8.48. The van der Waals surface area contributed by atoms with Crippen molar-refractivity contribution >= 4 is 90.7 Å². The van der Waals surface area contributed by atoms with Gasteiger partial charge >= 0.3 is 0 Å². The van der Waals surface area contributed by atoms with E-state index in [4.69, 9.17) is 21.1 Å². The third kappa shape index (κ3) is 7.36. The fraction of sp³-hybridized carbons (Fsp3) is 0.179. The lowest BCUT2D eigenvalue weighted by atomic mass is 10.1. The Morgan fingerprint density at radius 3 is 2.64 bits per heavy atom. The summed E-state index contributed by atoms with van der Waals surface area (Å²) >= 11 is 12.6. The Balaban J connectivity index is 1.49. The Kier molecular flexibility index (Phi) is 9.97. The highest BCUT2D eigenvalue weighted by Gasteiger charge is 2.35. The number of carbonyl (C=O) groups is 3. The second-order valence-electron chi connectivity index (χ2n) is 8.42. The molecule has 0 radical (unpaired) electrons. The number of amides is 3. The van der Waals surface area contributed by atoms with Crippen molar-refractivity contribution in [1.29, 1.82) is 0 Å². The van der Waals surface area contributed by atoms with Crippen molar-refractivity contribution in [2.45, 2.75) is 20.4 Å². The maximum Gasteiger partial charge on any atom is 0.293 e. The van der Waals surface area contributed by atoms with Gasteiger partial charge in [0, 0.05) is 15.2 Å². The standard InChI is InChI=1S/C28H23BrClIN2O5S/c1-3-37-23-11-17(12-24-27(35)33(28(36)39-24)14-18-6-4-5-7-20(18)29)10-22(31)26(23)38-15-25(34)32-19-9-8-16(2)21(30)13-19/h4-13H,3,14-15H2,1-2H3,(H,32,34)/b24-12-. The van der Waals surface area contributed by atoms with Crippen molar-refractivity contribution in [1.82, 2.24) is 4.90 Å². The second kappa shape index (κ2) is 13.2. The van der Waals surface area contributed by atoms with Gasteiger partial charge in [0.05, 0.1) is 21.6 Å². The van der Waals surface area contributed by atoms with Gasteiger partial charge in [-0.15, -0.1) is 0 Å². The largest absolute Gasteiger partial charge is 0.490 e. The number of aryl methyl sites for hydroxylation is 1. The van der Waals surface area contributed by atoms with Crippen molar-refractivity contribution in [3.63, 3.8) is 0 Å². The summed E-state index contributed by atoms with van der Waals surface area (Å²) < 4.78 is 13.1. The number of imide groups is 1. The SMILES string of the molecule is CCOc1cc(/C=C2\SC(=O)N(Cc3ccccc3Br)C2=O)cc(I)c1OCC(=O)Nc1ccc(C)c(Cl)c1. The molecule has 3 amide bonds. The van der Waals surface area contributed by atoms with Crippen LogP contribution >= 0.6 is 61.9 Å². The maximum absolute atomic E-state index is 13.1. The van der Waals surface area contributed by atoms with Gasteiger partial charge in [0.2, 0.25) is 0 Å². The van der Waals surface area contributed by atoms with Crippen LogP contribution in [-0.2, 0) is 16.1 Å². The van der Waals surface area contributed by atoms with E-state index in [1.807, 2.05) is 44.2 Å². The number of anilines is 1. The number of carbonyl (C=O) groups excluding carboxylic acids is 3. The lowest BCUT2D eigenvalue weighted by Gasteiger charge is -2.15. The summed E-state index contributed by atoms with van der Waals surface area (Å²) in [5.74, 6) is 0.126. The van der Waals surface area contributed by atoms with E-state index in [0.29, 0.717) is 42.9 Å². The van der Waals surface area contributed by atoms with E-state index in [1.165, 1.54) is 4.90 Å². The Labute approximate surface area is 257 Å². The summed E-state index contributed by atoms with van der Waals surface area (Å²) in [6.45, 7) is 4.02. The fourth-order valence-corrected chi connectivity index (χ4v) is 5.87. The number of hydrogen-bond donors (Lipinski definition) is 1. The molecule has 3 aromatic rings. The summed E-state index contributed by atoms with van der Waals surface area (Å²) in [6.07, 6.45) is 1.66. The first kappa shape index (κ1) is 29.4. The highest BCUT2D eigenvalue weighted by atomic mass is 127. The van der Waals surface area contributed by atoms with Crippen LogP contribution < -0.4 is 14.8 Å². The molecule has 1 saturated heterocycles. The van der Waals surface area contributed by atoms with E-state index in [2.05, 4.69) is 43.8 Å². The first-order chi connectivity index (χ1) is 18.7. The third-order valence-electron chi connectivity index (χ3n) is 5.59. The van der Waals surface area contributed by atoms with Crippen molar-refractivity contribution in [3.8, 4) is 11.5 Å². The predicted octanol–water partition coefficient (Wildman–Crippen LogP) is 7.67. The highest BCUT2D eigenvalue weighted by Crippen LogP contribution is 2.38. The van der Waals surface area contributed by atoms with Crippen LogP contribution in [0.3, 0.4) is 0 Å². The zero-order valence-corrected chi connectivity index (χ0v) is 26.2. The fourth-order valence-electron chi connectivity index (χ4n) is 3.66. The van der Waals surface area contributed by atoms with Gasteiger partial charge in [-0.1, -0.05) is 51.8 Å². The molecule has 0 unspecified atom stereocenters. The van der Waals surface area contributed by atoms with Gasteiger partial charge in [-0.2, -0.15) is 0 Å². The van der Waals surface area contributed by atoms with Crippen molar-refractivity contribution in [2.24, 2.45) is 0 Å². The molecule has 1 fully saturated rings. The Morgan fingerprint density at radius 2 is 1.92 bits per heavy atom. The molecule has 1 aliphatic rings. The monoisotopic (exact) mass is 740 g/mol. The van der Waals surface area contributed by atoms with Crippen LogP contribution in [0.15, 0.2) is 64.0 Å². The van der Waals surface area contributed by atoms with Crippen LogP contribution in [0, 0.1) is 10.5 Å². The molecule has 4 rings (SSSR count). The van der Waals surface area contributed by atoms with Gasteiger partial charge in [-0.05, 0) is 101 Å². The summed E-state index contributed by atoms with van der Waals surface area (Å²) in [7, 11) is 0. The summed E-state index contributed by atoms with van der Waals surface area (Å²) in [5.41, 5.74) is 2.99. The molecule has 11 heteroatoms. The minimum absolute atomic E-state index is 0.175. The van der Waals surface area contributed by atoms with E-state index in [0.717, 1.165) is 27.4 Å². The maximum atomic E-state index is 13.1. The van der Waals surface area contributed by atoms with Gasteiger partial charge in [0.15, 0.2) is 18.1 Å². The molecule has 0 atom stereocenters. The Bertz CT molecular complexity index is 1480. The molecule has 0 aliphatic carbocycles. The van der Waals surface area contributed by atoms with Crippen LogP contribution in [0.4, 0.5) is 10.5 Å². The van der Waals surface area contributed by atoms with Gasteiger partial charge < -0.3 is 14.8 Å². The molecule has 1 N–H and O–H groups in total. The number of rotatable bonds is 9. The number of hydrogen-bond acceptors (Lipinski definition) is 6. The molecule has 7 nitrogen and oxygen atoms in total. The molecular weight excluding hydrogens is 719 g/mol. The minimum Gasteiger partial charge on any atom is -0.490 e. The van der Waals surface area contributed by atoms with Crippen molar-refractivity contribution in [3.05, 3.63) is 89.3 Å².